The lowest BCUT2D eigenvalue weighted by Crippen LogP contribution is -2.49. The molecule has 4 nitrogen and oxygen atoms in total. The van der Waals surface area contributed by atoms with E-state index in [2.05, 4.69) is 31.4 Å². The molecule has 0 radical (unpaired) electrons. The van der Waals surface area contributed by atoms with Crippen LogP contribution < -0.4 is 10.6 Å². The molecule has 1 amide bonds. The number of para-hydroxylation sites is 2. The number of amides is 1. The number of nitrogens with one attached hydrogen (secondary N) is 2. The van der Waals surface area contributed by atoms with Gasteiger partial charge in [0.05, 0.1) is 11.4 Å². The van der Waals surface area contributed by atoms with Gasteiger partial charge in [-0.3, -0.25) is 4.79 Å². The van der Waals surface area contributed by atoms with Crippen LogP contribution in [0.25, 0.3) is 0 Å². The summed E-state index contributed by atoms with van der Waals surface area (Å²) in [5, 5.41) is 6.65. The van der Waals surface area contributed by atoms with E-state index in [0.29, 0.717) is 12.5 Å². The van der Waals surface area contributed by atoms with E-state index in [-0.39, 0.29) is 18.0 Å². The Morgan fingerprint density at radius 3 is 2.60 bits per heavy atom. The molecule has 2 atom stereocenters. The largest absolute Gasteiger partial charge is 0.381 e. The summed E-state index contributed by atoms with van der Waals surface area (Å²) in [7, 11) is 1.90. The Labute approximate surface area is 121 Å². The fraction of sp³-hybridized carbons (Fsp3) is 0.562. The van der Waals surface area contributed by atoms with Crippen LogP contribution >= 0.6 is 0 Å². The molecule has 2 N–H and O–H groups in total. The van der Waals surface area contributed by atoms with Crippen molar-refractivity contribution < 1.29 is 4.79 Å². The van der Waals surface area contributed by atoms with Gasteiger partial charge in [0.1, 0.15) is 6.04 Å². The molecule has 1 heterocycles. The number of carbonyl (C=O) groups excluding carboxylic acids is 1. The molecule has 0 spiro atoms. The fourth-order valence-electron chi connectivity index (χ4n) is 2.67. The lowest BCUT2D eigenvalue weighted by molar-refractivity contribution is -0.132. The molecule has 20 heavy (non-hydrogen) atoms. The van der Waals surface area contributed by atoms with Crippen LogP contribution in [-0.2, 0) is 4.79 Å². The van der Waals surface area contributed by atoms with E-state index in [9.17, 15) is 4.79 Å². The van der Waals surface area contributed by atoms with Gasteiger partial charge in [-0.2, -0.15) is 0 Å². The second kappa shape index (κ2) is 6.16. The average molecular weight is 275 g/mol. The van der Waals surface area contributed by atoms with Gasteiger partial charge in [0.15, 0.2) is 0 Å². The molecule has 2 rings (SSSR count). The SMILES string of the molecule is CC(C)CC(C)N(C)C(=O)C1CNc2ccccc2N1. The minimum Gasteiger partial charge on any atom is -0.381 e. The maximum atomic E-state index is 12.6. The number of nitrogens with zero attached hydrogens (tertiary/aromatic N) is 1. The third kappa shape index (κ3) is 3.24. The Balaban J connectivity index is 2.00. The first-order chi connectivity index (χ1) is 9.49. The molecule has 110 valence electrons. The van der Waals surface area contributed by atoms with Crippen LogP contribution in [0.1, 0.15) is 27.2 Å². The Hall–Kier alpha value is -1.71. The van der Waals surface area contributed by atoms with Crippen molar-refractivity contribution in [2.75, 3.05) is 24.2 Å². The van der Waals surface area contributed by atoms with Crippen molar-refractivity contribution in [2.24, 2.45) is 5.92 Å². The van der Waals surface area contributed by atoms with Crippen LogP contribution in [0.3, 0.4) is 0 Å². The number of rotatable bonds is 4. The highest BCUT2D eigenvalue weighted by atomic mass is 16.2. The summed E-state index contributed by atoms with van der Waals surface area (Å²) in [6.07, 6.45) is 1.03. The van der Waals surface area contributed by atoms with Crippen LogP contribution in [0.4, 0.5) is 11.4 Å². The smallest absolute Gasteiger partial charge is 0.246 e. The molecule has 0 aromatic heterocycles. The van der Waals surface area contributed by atoms with E-state index >= 15 is 0 Å². The molecular weight excluding hydrogens is 250 g/mol. The minimum absolute atomic E-state index is 0.153. The summed E-state index contributed by atoms with van der Waals surface area (Å²) in [5.41, 5.74) is 2.07. The van der Waals surface area contributed by atoms with Crippen LogP contribution in [0, 0.1) is 5.92 Å². The summed E-state index contributed by atoms with van der Waals surface area (Å²) in [4.78, 5) is 14.4. The van der Waals surface area contributed by atoms with E-state index in [4.69, 9.17) is 0 Å². The molecule has 4 heteroatoms. The van der Waals surface area contributed by atoms with E-state index in [1.54, 1.807) is 0 Å². The normalized spacial score (nSPS) is 18.8. The number of fused-ring (bicyclic) bond motifs is 1. The third-order valence-corrected chi connectivity index (χ3v) is 3.87. The van der Waals surface area contributed by atoms with Crippen molar-refractivity contribution in [1.29, 1.82) is 0 Å². The predicted octanol–water partition coefficient (Wildman–Crippen LogP) is 2.79. The number of hydrogen-bond acceptors (Lipinski definition) is 3. The van der Waals surface area contributed by atoms with Crippen LogP contribution in [0.5, 0.6) is 0 Å². The van der Waals surface area contributed by atoms with Crippen molar-refractivity contribution in [3.63, 3.8) is 0 Å². The number of carbonyl (C=O) groups is 1. The molecule has 1 aromatic carbocycles. The van der Waals surface area contributed by atoms with Crippen molar-refractivity contribution in [2.45, 2.75) is 39.3 Å². The third-order valence-electron chi connectivity index (χ3n) is 3.87. The van der Waals surface area contributed by atoms with Crippen LogP contribution in [0.15, 0.2) is 24.3 Å². The summed E-state index contributed by atoms with van der Waals surface area (Å²) in [6.45, 7) is 7.12. The molecule has 0 aliphatic carbocycles. The lowest BCUT2D eigenvalue weighted by Gasteiger charge is -2.33. The van der Waals surface area contributed by atoms with Crippen molar-refractivity contribution in [3.05, 3.63) is 24.3 Å². The topological polar surface area (TPSA) is 44.4 Å². The van der Waals surface area contributed by atoms with Crippen molar-refractivity contribution in [3.8, 4) is 0 Å². The molecule has 0 saturated heterocycles. The molecule has 0 saturated carbocycles. The standard InChI is InChI=1S/C16H25N3O/c1-11(2)9-12(3)19(4)16(20)15-10-17-13-7-5-6-8-14(13)18-15/h5-8,11-12,15,17-18H,9-10H2,1-4H3. The number of hydrogen-bond donors (Lipinski definition) is 2. The number of benzene rings is 1. The molecule has 1 aromatic rings. The summed E-state index contributed by atoms with van der Waals surface area (Å²) in [6, 6.07) is 8.07. The van der Waals surface area contributed by atoms with Gasteiger partial charge in [0, 0.05) is 19.6 Å². The summed E-state index contributed by atoms with van der Waals surface area (Å²) >= 11 is 0. The Kier molecular flexibility index (Phi) is 4.53. The van der Waals surface area contributed by atoms with E-state index in [0.717, 1.165) is 17.8 Å². The molecule has 1 aliphatic heterocycles. The van der Waals surface area contributed by atoms with E-state index in [1.807, 2.05) is 36.2 Å². The van der Waals surface area contributed by atoms with E-state index in [1.165, 1.54) is 0 Å². The van der Waals surface area contributed by atoms with Crippen LogP contribution in [-0.4, -0.2) is 36.5 Å². The fourth-order valence-corrected chi connectivity index (χ4v) is 2.67. The van der Waals surface area contributed by atoms with Crippen LogP contribution in [0.2, 0.25) is 0 Å². The molecule has 0 fully saturated rings. The molecule has 0 bridgehead atoms. The highest BCUT2D eigenvalue weighted by molar-refractivity contribution is 5.88. The van der Waals surface area contributed by atoms with Crippen molar-refractivity contribution >= 4 is 17.3 Å². The maximum Gasteiger partial charge on any atom is 0.246 e. The van der Waals surface area contributed by atoms with Gasteiger partial charge in [-0.05, 0) is 31.4 Å². The Morgan fingerprint density at radius 2 is 1.95 bits per heavy atom. The quantitative estimate of drug-likeness (QED) is 0.888. The zero-order valence-corrected chi connectivity index (χ0v) is 12.8. The second-order valence-corrected chi connectivity index (χ2v) is 6.05. The number of likely N-dealkylation sites (N-methyl/N-ethyl adjacent to an activating group) is 1. The minimum atomic E-state index is -0.190. The Morgan fingerprint density at radius 1 is 1.30 bits per heavy atom. The first-order valence-electron chi connectivity index (χ1n) is 7.35. The maximum absolute atomic E-state index is 12.6. The van der Waals surface area contributed by atoms with Gasteiger partial charge < -0.3 is 15.5 Å². The van der Waals surface area contributed by atoms with Gasteiger partial charge in [-0.1, -0.05) is 26.0 Å². The lowest BCUT2D eigenvalue weighted by atomic mass is 10.0. The zero-order valence-electron chi connectivity index (χ0n) is 12.8. The summed E-state index contributed by atoms with van der Waals surface area (Å²) < 4.78 is 0. The zero-order chi connectivity index (χ0) is 14.7. The van der Waals surface area contributed by atoms with Gasteiger partial charge in [-0.15, -0.1) is 0 Å². The first kappa shape index (κ1) is 14.7. The van der Waals surface area contributed by atoms with E-state index < -0.39 is 0 Å². The second-order valence-electron chi connectivity index (χ2n) is 6.05. The van der Waals surface area contributed by atoms with Gasteiger partial charge in [0.25, 0.3) is 0 Å². The monoisotopic (exact) mass is 275 g/mol. The average Bonchev–Trinajstić information content (AvgIpc) is 2.44. The molecule has 2 unspecified atom stereocenters. The molecular formula is C16H25N3O. The Bertz CT molecular complexity index is 473. The highest BCUT2D eigenvalue weighted by Gasteiger charge is 2.28. The number of anilines is 2. The van der Waals surface area contributed by atoms with Gasteiger partial charge in [-0.25, -0.2) is 0 Å². The predicted molar refractivity (Wildman–Crippen MR) is 84.0 cm³/mol. The van der Waals surface area contributed by atoms with Gasteiger partial charge in [0.2, 0.25) is 5.91 Å². The van der Waals surface area contributed by atoms with Crippen molar-refractivity contribution in [1.82, 2.24) is 4.90 Å². The van der Waals surface area contributed by atoms with Gasteiger partial charge >= 0.3 is 0 Å². The highest BCUT2D eigenvalue weighted by Crippen LogP contribution is 2.26. The summed E-state index contributed by atoms with van der Waals surface area (Å²) in [5.74, 6) is 0.749. The first-order valence-corrected chi connectivity index (χ1v) is 7.35. The molecule has 1 aliphatic rings.